The standard InChI is InChI=1S/C19H15Br2Cl2F3N2O3/c20-16(21)4-7-30-12-8-13(22)17(14(23)9-12)31-6-1-5-27-18(29)15-3-2-11(10-28-15)19(24,25)26/h2-4,8-10H,1,5-7H2,(H,27,29). The number of pyridine rings is 1. The summed E-state index contributed by atoms with van der Waals surface area (Å²) >= 11 is 18.8. The number of halogens is 7. The Bertz CT molecular complexity index is 915. The van der Waals surface area contributed by atoms with E-state index in [0.29, 0.717) is 25.0 Å². The summed E-state index contributed by atoms with van der Waals surface area (Å²) in [6, 6.07) is 4.95. The molecule has 2 rings (SSSR count). The molecule has 1 aromatic heterocycles. The van der Waals surface area contributed by atoms with Crippen molar-refractivity contribution in [3.05, 3.63) is 61.2 Å². The summed E-state index contributed by atoms with van der Waals surface area (Å²) in [6.45, 7) is 0.706. The van der Waals surface area contributed by atoms with Crippen molar-refractivity contribution in [1.82, 2.24) is 10.3 Å². The van der Waals surface area contributed by atoms with Gasteiger partial charge in [-0.15, -0.1) is 0 Å². The molecule has 12 heteroatoms. The Hall–Kier alpha value is -1.49. The first-order valence-electron chi connectivity index (χ1n) is 8.65. The van der Waals surface area contributed by atoms with Gasteiger partial charge in [0, 0.05) is 24.9 Å². The van der Waals surface area contributed by atoms with Gasteiger partial charge in [0.25, 0.3) is 5.91 Å². The predicted octanol–water partition coefficient (Wildman–Crippen LogP) is 6.62. The number of rotatable bonds is 9. The third-order valence-corrected chi connectivity index (χ3v) is 4.84. The molecule has 168 valence electrons. The molecule has 0 unspecified atom stereocenters. The number of hydrogen-bond donors (Lipinski definition) is 1. The van der Waals surface area contributed by atoms with Crippen LogP contribution in [0, 0.1) is 0 Å². The van der Waals surface area contributed by atoms with Gasteiger partial charge in [-0.2, -0.15) is 13.2 Å². The second kappa shape index (κ2) is 11.9. The first kappa shape index (κ1) is 25.8. The zero-order valence-electron chi connectivity index (χ0n) is 15.6. The van der Waals surface area contributed by atoms with Gasteiger partial charge in [-0.05, 0) is 56.5 Å². The molecule has 0 aliphatic carbocycles. The molecule has 0 fully saturated rings. The molecule has 5 nitrogen and oxygen atoms in total. The molecule has 0 aliphatic heterocycles. The monoisotopic (exact) mass is 604 g/mol. The number of amides is 1. The van der Waals surface area contributed by atoms with E-state index in [2.05, 4.69) is 42.2 Å². The van der Waals surface area contributed by atoms with Crippen LogP contribution in [-0.2, 0) is 6.18 Å². The van der Waals surface area contributed by atoms with Gasteiger partial charge in [-0.25, -0.2) is 0 Å². The van der Waals surface area contributed by atoms with Crippen LogP contribution >= 0.6 is 55.1 Å². The molecule has 2 aromatic rings. The van der Waals surface area contributed by atoms with Crippen molar-refractivity contribution in [2.45, 2.75) is 12.6 Å². The molecular formula is C19H15Br2Cl2F3N2O3. The Labute approximate surface area is 203 Å². The van der Waals surface area contributed by atoms with Gasteiger partial charge in [0.1, 0.15) is 18.1 Å². The number of nitrogens with one attached hydrogen (secondary N) is 1. The second-order valence-electron chi connectivity index (χ2n) is 5.91. The Morgan fingerprint density at radius 2 is 1.84 bits per heavy atom. The topological polar surface area (TPSA) is 60.5 Å². The van der Waals surface area contributed by atoms with E-state index in [0.717, 1.165) is 15.5 Å². The summed E-state index contributed by atoms with van der Waals surface area (Å²) < 4.78 is 49.4. The summed E-state index contributed by atoms with van der Waals surface area (Å²) in [5, 5.41) is 3.08. The highest BCUT2D eigenvalue weighted by Crippen LogP contribution is 2.37. The van der Waals surface area contributed by atoms with Crippen LogP contribution in [0.15, 0.2) is 39.9 Å². The Morgan fingerprint density at radius 1 is 1.16 bits per heavy atom. The van der Waals surface area contributed by atoms with Crippen molar-refractivity contribution in [3.8, 4) is 11.5 Å². The summed E-state index contributed by atoms with van der Waals surface area (Å²) in [7, 11) is 0. The number of hydrogen-bond acceptors (Lipinski definition) is 4. The summed E-state index contributed by atoms with van der Waals surface area (Å²) in [4.78, 5) is 15.5. The molecule has 0 atom stereocenters. The van der Waals surface area contributed by atoms with E-state index in [1.54, 1.807) is 18.2 Å². The van der Waals surface area contributed by atoms with Crippen LogP contribution in [0.1, 0.15) is 22.5 Å². The van der Waals surface area contributed by atoms with Crippen LogP contribution in [0.4, 0.5) is 13.2 Å². The zero-order valence-corrected chi connectivity index (χ0v) is 20.3. The molecule has 1 heterocycles. The molecule has 0 radical (unpaired) electrons. The van der Waals surface area contributed by atoms with Gasteiger partial charge in [-0.1, -0.05) is 23.2 Å². The van der Waals surface area contributed by atoms with Crippen molar-refractivity contribution in [2.75, 3.05) is 19.8 Å². The Morgan fingerprint density at radius 3 is 2.39 bits per heavy atom. The van der Waals surface area contributed by atoms with Crippen molar-refractivity contribution >= 4 is 61.0 Å². The predicted molar refractivity (Wildman–Crippen MR) is 120 cm³/mol. The van der Waals surface area contributed by atoms with E-state index in [9.17, 15) is 18.0 Å². The molecular weight excluding hydrogens is 592 g/mol. The average Bonchev–Trinajstić information content (AvgIpc) is 2.68. The highest BCUT2D eigenvalue weighted by molar-refractivity contribution is 9.28. The minimum atomic E-state index is -4.51. The molecule has 1 aromatic carbocycles. The lowest BCUT2D eigenvalue weighted by Crippen LogP contribution is -2.26. The van der Waals surface area contributed by atoms with E-state index in [4.69, 9.17) is 32.7 Å². The normalized spacial score (nSPS) is 11.1. The van der Waals surface area contributed by atoms with Crippen LogP contribution in [0.5, 0.6) is 11.5 Å². The average molecular weight is 607 g/mol. The molecule has 0 spiro atoms. The first-order valence-corrected chi connectivity index (χ1v) is 11.0. The number of aromatic nitrogens is 1. The molecule has 0 saturated heterocycles. The number of carbonyl (C=O) groups is 1. The lowest BCUT2D eigenvalue weighted by atomic mass is 10.2. The van der Waals surface area contributed by atoms with Gasteiger partial charge in [-0.3, -0.25) is 9.78 Å². The molecule has 1 amide bonds. The SMILES string of the molecule is O=C(NCCCOc1c(Cl)cc(OCC=C(Br)Br)cc1Cl)c1ccc(C(F)(F)F)cn1. The molecule has 1 N–H and O–H groups in total. The zero-order chi connectivity index (χ0) is 23.0. The minimum absolute atomic E-state index is 0.114. The second-order valence-corrected chi connectivity index (χ2v) is 9.50. The number of ether oxygens (including phenoxy) is 2. The minimum Gasteiger partial charge on any atom is -0.490 e. The lowest BCUT2D eigenvalue weighted by Gasteiger charge is -2.12. The maximum absolute atomic E-state index is 12.5. The Balaban J connectivity index is 1.79. The quantitative estimate of drug-likeness (QED) is 0.326. The van der Waals surface area contributed by atoms with Crippen LogP contribution in [0.2, 0.25) is 10.0 Å². The van der Waals surface area contributed by atoms with Gasteiger partial charge in [0.05, 0.1) is 25.6 Å². The highest BCUT2D eigenvalue weighted by Gasteiger charge is 2.30. The third kappa shape index (κ3) is 8.51. The number of carbonyl (C=O) groups excluding carboxylic acids is 1. The highest BCUT2D eigenvalue weighted by atomic mass is 79.9. The van der Waals surface area contributed by atoms with E-state index >= 15 is 0 Å². The summed E-state index contributed by atoms with van der Waals surface area (Å²) in [5.74, 6) is 0.162. The summed E-state index contributed by atoms with van der Waals surface area (Å²) in [6.07, 6.45) is -1.74. The van der Waals surface area contributed by atoms with E-state index < -0.39 is 17.6 Å². The largest absolute Gasteiger partial charge is 0.490 e. The van der Waals surface area contributed by atoms with Gasteiger partial charge in [0.15, 0.2) is 5.75 Å². The van der Waals surface area contributed by atoms with Crippen molar-refractivity contribution in [1.29, 1.82) is 0 Å². The molecule has 0 saturated carbocycles. The summed E-state index contributed by atoms with van der Waals surface area (Å²) in [5.41, 5.74) is -1.03. The maximum Gasteiger partial charge on any atom is 0.417 e. The number of benzene rings is 1. The van der Waals surface area contributed by atoms with Crippen LogP contribution in [0.25, 0.3) is 0 Å². The van der Waals surface area contributed by atoms with Gasteiger partial charge >= 0.3 is 6.18 Å². The fourth-order valence-corrected chi connectivity index (χ4v) is 3.03. The fraction of sp³-hybridized carbons (Fsp3) is 0.263. The van der Waals surface area contributed by atoms with Crippen molar-refractivity contribution in [3.63, 3.8) is 0 Å². The van der Waals surface area contributed by atoms with Gasteiger partial charge in [0.2, 0.25) is 0 Å². The van der Waals surface area contributed by atoms with Crippen LogP contribution in [-0.4, -0.2) is 30.6 Å². The first-order chi connectivity index (χ1) is 14.6. The smallest absolute Gasteiger partial charge is 0.417 e. The number of alkyl halides is 3. The lowest BCUT2D eigenvalue weighted by molar-refractivity contribution is -0.137. The van der Waals surface area contributed by atoms with Crippen LogP contribution in [0.3, 0.4) is 0 Å². The molecule has 31 heavy (non-hydrogen) atoms. The maximum atomic E-state index is 12.5. The molecule has 0 bridgehead atoms. The van der Waals surface area contributed by atoms with Gasteiger partial charge < -0.3 is 14.8 Å². The van der Waals surface area contributed by atoms with E-state index in [1.807, 2.05) is 0 Å². The van der Waals surface area contributed by atoms with Crippen molar-refractivity contribution in [2.24, 2.45) is 0 Å². The third-order valence-electron chi connectivity index (χ3n) is 3.64. The fourth-order valence-electron chi connectivity index (χ4n) is 2.19. The van der Waals surface area contributed by atoms with E-state index in [-0.39, 0.29) is 34.6 Å². The van der Waals surface area contributed by atoms with Crippen molar-refractivity contribution < 1.29 is 27.4 Å². The number of nitrogens with zero attached hydrogens (tertiary/aromatic N) is 1. The Kier molecular flexibility index (Phi) is 9.92. The van der Waals surface area contributed by atoms with E-state index in [1.165, 1.54) is 0 Å². The molecule has 0 aliphatic rings. The van der Waals surface area contributed by atoms with Crippen LogP contribution < -0.4 is 14.8 Å².